The minimum atomic E-state index is -1.02. The first kappa shape index (κ1) is 37.0. The molecular formula is C32H40Cl4N6O5. The number of carbonyl (C=O) groups is 3. The van der Waals surface area contributed by atoms with Gasteiger partial charge in [-0.3, -0.25) is 9.59 Å². The van der Waals surface area contributed by atoms with Crippen LogP contribution in [0.5, 0.6) is 0 Å². The number of urea groups is 1. The fraction of sp³-hybridized carbons (Fsp3) is 0.500. The Bertz CT molecular complexity index is 1450. The number of nitrogens with two attached hydrogens (primary N) is 1. The van der Waals surface area contributed by atoms with Crippen molar-refractivity contribution in [2.45, 2.75) is 43.7 Å². The van der Waals surface area contributed by atoms with Crippen molar-refractivity contribution in [1.82, 2.24) is 19.6 Å². The van der Waals surface area contributed by atoms with Gasteiger partial charge in [0, 0.05) is 60.8 Å². The molecule has 47 heavy (non-hydrogen) atoms. The van der Waals surface area contributed by atoms with E-state index in [0.717, 1.165) is 31.5 Å². The van der Waals surface area contributed by atoms with Gasteiger partial charge in [0.15, 0.2) is 0 Å². The summed E-state index contributed by atoms with van der Waals surface area (Å²) in [5, 5.41) is 15.6. The van der Waals surface area contributed by atoms with Gasteiger partial charge in [0.25, 0.3) is 5.91 Å². The predicted molar refractivity (Wildman–Crippen MR) is 185 cm³/mol. The maximum atomic E-state index is 13.3. The second-order valence-corrected chi connectivity index (χ2v) is 13.5. The maximum Gasteiger partial charge on any atom is 0.321 e. The van der Waals surface area contributed by atoms with Gasteiger partial charge >= 0.3 is 6.03 Å². The zero-order valence-corrected chi connectivity index (χ0v) is 29.4. The van der Waals surface area contributed by atoms with Crippen LogP contribution in [0.25, 0.3) is 0 Å². The first-order valence-corrected chi connectivity index (χ1v) is 16.9. The zero-order valence-electron chi connectivity index (χ0n) is 26.4. The van der Waals surface area contributed by atoms with Crippen molar-refractivity contribution in [3.05, 3.63) is 67.6 Å². The number of piperidine rings is 1. The van der Waals surface area contributed by atoms with E-state index >= 15 is 0 Å². The lowest BCUT2D eigenvalue weighted by molar-refractivity contribution is -0.124. The number of nitrogens with zero attached hydrogens (tertiary/aromatic N) is 5. The van der Waals surface area contributed by atoms with Crippen molar-refractivity contribution in [2.24, 2.45) is 10.9 Å². The van der Waals surface area contributed by atoms with Crippen molar-refractivity contribution in [2.75, 3.05) is 60.0 Å². The molecule has 0 spiro atoms. The van der Waals surface area contributed by atoms with Crippen LogP contribution in [-0.2, 0) is 9.63 Å². The highest BCUT2D eigenvalue weighted by Crippen LogP contribution is 2.31. The summed E-state index contributed by atoms with van der Waals surface area (Å²) in [6.45, 7) is 2.87. The third kappa shape index (κ3) is 9.43. The van der Waals surface area contributed by atoms with Crippen LogP contribution in [0.3, 0.4) is 0 Å². The van der Waals surface area contributed by atoms with Crippen LogP contribution in [-0.4, -0.2) is 120 Å². The molecule has 0 aliphatic carbocycles. The molecule has 0 bridgehead atoms. The number of hydrogen-bond donors (Lipinski definition) is 2. The molecule has 15 heteroatoms. The highest BCUT2D eigenvalue weighted by atomic mass is 35.5. The smallest absolute Gasteiger partial charge is 0.321 e. The molecular weight excluding hydrogens is 690 g/mol. The summed E-state index contributed by atoms with van der Waals surface area (Å²) in [5.74, 6) is -1.25. The molecule has 2 heterocycles. The summed E-state index contributed by atoms with van der Waals surface area (Å²) in [6, 6.07) is 8.88. The summed E-state index contributed by atoms with van der Waals surface area (Å²) < 4.78 is 0. The average molecular weight is 731 g/mol. The van der Waals surface area contributed by atoms with Gasteiger partial charge < -0.3 is 35.3 Å². The van der Waals surface area contributed by atoms with Crippen LogP contribution < -0.4 is 5.73 Å². The number of hydrogen-bond acceptors (Lipinski definition) is 7. The van der Waals surface area contributed by atoms with E-state index in [4.69, 9.17) is 57.0 Å². The summed E-state index contributed by atoms with van der Waals surface area (Å²) >= 11 is 25.0. The van der Waals surface area contributed by atoms with Crippen LogP contribution in [0, 0.1) is 0 Å². The maximum absolute atomic E-state index is 13.3. The van der Waals surface area contributed by atoms with E-state index in [9.17, 15) is 19.5 Å². The van der Waals surface area contributed by atoms with Gasteiger partial charge in [0.1, 0.15) is 13.2 Å². The van der Waals surface area contributed by atoms with E-state index in [-0.39, 0.29) is 30.4 Å². The summed E-state index contributed by atoms with van der Waals surface area (Å²) in [4.78, 5) is 50.8. The van der Waals surface area contributed by atoms with Crippen molar-refractivity contribution < 1.29 is 24.3 Å². The highest BCUT2D eigenvalue weighted by molar-refractivity contribution is 6.42. The number of primary amides is 1. The lowest BCUT2D eigenvalue weighted by Crippen LogP contribution is -2.61. The number of carbonyl (C=O) groups excluding carboxylic acids is 3. The number of rotatable bonds is 13. The number of aliphatic hydroxyl groups excluding tert-OH is 1. The molecule has 11 nitrogen and oxygen atoms in total. The Kier molecular flexibility index (Phi) is 13.4. The third-order valence-electron chi connectivity index (χ3n) is 8.71. The van der Waals surface area contributed by atoms with Gasteiger partial charge in [0.2, 0.25) is 5.91 Å². The number of likely N-dealkylation sites (tertiary alicyclic amines) is 1. The largest absolute Gasteiger partial charge is 0.399 e. The molecule has 2 aliphatic heterocycles. The Morgan fingerprint density at radius 3 is 2.32 bits per heavy atom. The molecule has 2 saturated heterocycles. The number of amides is 4. The molecule has 4 rings (SSSR count). The van der Waals surface area contributed by atoms with Crippen molar-refractivity contribution in [3.63, 3.8) is 0 Å². The van der Waals surface area contributed by atoms with Gasteiger partial charge in [-0.2, -0.15) is 0 Å². The molecule has 0 saturated carbocycles. The Labute approximate surface area is 295 Å². The van der Waals surface area contributed by atoms with E-state index in [1.54, 1.807) is 31.3 Å². The van der Waals surface area contributed by atoms with Crippen molar-refractivity contribution >= 4 is 70.0 Å². The summed E-state index contributed by atoms with van der Waals surface area (Å²) in [6.07, 6.45) is 2.86. The normalized spacial score (nSPS) is 17.9. The fourth-order valence-electron chi connectivity index (χ4n) is 6.29. The molecule has 2 aromatic carbocycles. The SMILES string of the molecule is CO/N=C(\CN(C)C(=O)c1cc(Cl)cc(Cl)c1)[C@H](CCN1CCC(N2CCCN(C(CO)C(N)=O)C2=O)CC1)c1ccc(Cl)c(Cl)c1. The molecule has 256 valence electrons. The van der Waals surface area contributed by atoms with Crippen molar-refractivity contribution in [3.8, 4) is 0 Å². The second-order valence-electron chi connectivity index (χ2n) is 11.8. The molecule has 4 amide bonds. The molecule has 0 aromatic heterocycles. The molecule has 0 radical (unpaired) electrons. The molecule has 1 unspecified atom stereocenters. The number of halogens is 4. The van der Waals surface area contributed by atoms with E-state index in [2.05, 4.69) is 10.1 Å². The molecule has 3 N–H and O–H groups in total. The van der Waals surface area contributed by atoms with Crippen LogP contribution in [0.4, 0.5) is 4.79 Å². The van der Waals surface area contributed by atoms with E-state index in [0.29, 0.717) is 63.8 Å². The van der Waals surface area contributed by atoms with Crippen LogP contribution in [0.15, 0.2) is 41.6 Å². The quantitative estimate of drug-likeness (QED) is 0.221. The van der Waals surface area contributed by atoms with E-state index in [1.807, 2.05) is 17.0 Å². The first-order valence-electron chi connectivity index (χ1n) is 15.4. The predicted octanol–water partition coefficient (Wildman–Crippen LogP) is 4.99. The number of oxime groups is 1. The van der Waals surface area contributed by atoms with Crippen molar-refractivity contribution in [1.29, 1.82) is 0 Å². The topological polar surface area (TPSA) is 132 Å². The molecule has 2 aromatic rings. The lowest BCUT2D eigenvalue weighted by Gasteiger charge is -2.44. The Morgan fingerprint density at radius 2 is 1.72 bits per heavy atom. The summed E-state index contributed by atoms with van der Waals surface area (Å²) in [7, 11) is 3.14. The van der Waals surface area contributed by atoms with Gasteiger partial charge in [-0.05, 0) is 68.1 Å². The number of aliphatic hydroxyl groups is 1. The van der Waals surface area contributed by atoms with Gasteiger partial charge in [-0.25, -0.2) is 4.79 Å². The molecule has 2 fully saturated rings. The Balaban J connectivity index is 1.46. The summed E-state index contributed by atoms with van der Waals surface area (Å²) in [5.41, 5.74) is 7.29. The van der Waals surface area contributed by atoms with Gasteiger partial charge in [-0.15, -0.1) is 0 Å². The van der Waals surface area contributed by atoms with Crippen LogP contribution in [0.2, 0.25) is 20.1 Å². The fourth-order valence-corrected chi connectivity index (χ4v) is 7.12. The average Bonchev–Trinajstić information content (AvgIpc) is 3.03. The molecule has 2 aliphatic rings. The lowest BCUT2D eigenvalue weighted by atomic mass is 9.89. The van der Waals surface area contributed by atoms with E-state index < -0.39 is 18.6 Å². The third-order valence-corrected chi connectivity index (χ3v) is 9.89. The van der Waals surface area contributed by atoms with Crippen LogP contribution in [0.1, 0.15) is 47.5 Å². The monoisotopic (exact) mass is 728 g/mol. The number of benzene rings is 2. The van der Waals surface area contributed by atoms with Crippen LogP contribution >= 0.6 is 46.4 Å². The highest BCUT2D eigenvalue weighted by Gasteiger charge is 2.38. The second kappa shape index (κ2) is 17.0. The Morgan fingerprint density at radius 1 is 1.04 bits per heavy atom. The van der Waals surface area contributed by atoms with Gasteiger partial charge in [0.05, 0.1) is 28.9 Å². The Hall–Kier alpha value is -2.80. The van der Waals surface area contributed by atoms with Gasteiger partial charge in [-0.1, -0.05) is 57.6 Å². The standard InChI is InChI=1S/C32H40Cl4N6O5/c1-39(31(45)21-14-22(33)17-23(34)15-21)18-28(38-47-2)25(20-4-5-26(35)27(36)16-20)8-13-40-11-6-24(7-12-40)41-9-3-10-42(32(41)46)29(19-43)30(37)44/h4-5,14-17,24-25,29,43H,3,6-13,18-19H2,1-2H3,(H2,37,44)/b38-28+/t25-,29?/m1/s1. The first-order chi connectivity index (χ1) is 22.4. The molecule has 2 atom stereocenters. The minimum Gasteiger partial charge on any atom is -0.399 e. The van der Waals surface area contributed by atoms with E-state index in [1.165, 1.54) is 16.9 Å². The zero-order chi connectivity index (χ0) is 34.2. The minimum absolute atomic E-state index is 0.0184.